The zero-order valence-corrected chi connectivity index (χ0v) is 23.9. The van der Waals surface area contributed by atoms with Crippen LogP contribution in [0.25, 0.3) is 0 Å². The Labute approximate surface area is 235 Å². The number of halogens is 1. The summed E-state index contributed by atoms with van der Waals surface area (Å²) in [4.78, 5) is 28.6. The first-order valence-corrected chi connectivity index (χ1v) is 14.9. The van der Waals surface area contributed by atoms with Crippen molar-refractivity contribution in [2.24, 2.45) is 0 Å². The molecule has 1 N–H and O–H groups in total. The van der Waals surface area contributed by atoms with E-state index in [1.165, 1.54) is 23.1 Å². The van der Waals surface area contributed by atoms with E-state index in [0.717, 1.165) is 21.7 Å². The Hall–Kier alpha value is -3.92. The molecule has 0 aliphatic carbocycles. The van der Waals surface area contributed by atoms with E-state index in [-0.39, 0.29) is 43.4 Å². The van der Waals surface area contributed by atoms with Crippen molar-refractivity contribution < 1.29 is 27.1 Å². The van der Waals surface area contributed by atoms with Gasteiger partial charge in [-0.15, -0.1) is 0 Å². The predicted octanol–water partition coefficient (Wildman–Crippen LogP) is 4.16. The van der Waals surface area contributed by atoms with Crippen molar-refractivity contribution in [2.45, 2.75) is 38.8 Å². The van der Waals surface area contributed by atoms with Gasteiger partial charge in [0, 0.05) is 32.5 Å². The number of anilines is 1. The molecule has 2 amide bonds. The van der Waals surface area contributed by atoms with Gasteiger partial charge in [-0.1, -0.05) is 54.6 Å². The smallest absolute Gasteiger partial charge is 0.243 e. The Balaban J connectivity index is 1.88. The molecule has 0 radical (unpaired) electrons. The molecule has 0 bridgehead atoms. The molecule has 0 aromatic heterocycles. The second-order valence-electron chi connectivity index (χ2n) is 9.36. The van der Waals surface area contributed by atoms with Crippen LogP contribution in [0.2, 0.25) is 0 Å². The number of carbonyl (C=O) groups excluding carboxylic acids is 2. The molecule has 3 rings (SSSR count). The number of benzene rings is 3. The number of nitrogens with one attached hydrogen (secondary N) is 1. The van der Waals surface area contributed by atoms with Crippen molar-refractivity contribution in [1.29, 1.82) is 0 Å². The Morgan fingerprint density at radius 3 is 2.30 bits per heavy atom. The molecule has 0 fully saturated rings. The van der Waals surface area contributed by atoms with Crippen LogP contribution in [-0.2, 0) is 32.6 Å². The SMILES string of the molecule is CCNC(=O)[C@@H](Cc1ccccc1)N(Cc1cccc(OC)c1)C(=O)CCCN(c1ccccc1F)S(C)(=O)=O. The Bertz CT molecular complexity index is 1380. The quantitative estimate of drug-likeness (QED) is 0.315. The lowest BCUT2D eigenvalue weighted by Gasteiger charge is -2.32. The Morgan fingerprint density at radius 1 is 0.975 bits per heavy atom. The highest BCUT2D eigenvalue weighted by Crippen LogP contribution is 2.23. The van der Waals surface area contributed by atoms with Crippen LogP contribution in [0.4, 0.5) is 10.1 Å². The fraction of sp³-hybridized carbons (Fsp3) is 0.333. The molecule has 0 aliphatic rings. The summed E-state index contributed by atoms with van der Waals surface area (Å²) in [5.74, 6) is -0.655. The summed E-state index contributed by atoms with van der Waals surface area (Å²) in [7, 11) is -2.25. The van der Waals surface area contributed by atoms with Gasteiger partial charge in [-0.2, -0.15) is 0 Å². The van der Waals surface area contributed by atoms with Crippen molar-refractivity contribution in [1.82, 2.24) is 10.2 Å². The van der Waals surface area contributed by atoms with Crippen LogP contribution in [-0.4, -0.2) is 57.6 Å². The second-order valence-corrected chi connectivity index (χ2v) is 11.3. The fourth-order valence-corrected chi connectivity index (χ4v) is 5.42. The van der Waals surface area contributed by atoms with Gasteiger partial charge in [-0.25, -0.2) is 12.8 Å². The summed E-state index contributed by atoms with van der Waals surface area (Å²) >= 11 is 0. The second kappa shape index (κ2) is 14.5. The monoisotopic (exact) mass is 569 g/mol. The number of ether oxygens (including phenoxy) is 1. The van der Waals surface area contributed by atoms with Gasteiger partial charge in [0.2, 0.25) is 21.8 Å². The molecule has 8 nitrogen and oxygen atoms in total. The number of methoxy groups -OCH3 is 1. The van der Waals surface area contributed by atoms with Crippen LogP contribution >= 0.6 is 0 Å². The molecule has 3 aromatic carbocycles. The molecular formula is C30H36FN3O5S. The first-order valence-electron chi connectivity index (χ1n) is 13.1. The lowest BCUT2D eigenvalue weighted by atomic mass is 10.0. The topological polar surface area (TPSA) is 96.0 Å². The highest BCUT2D eigenvalue weighted by Gasteiger charge is 2.30. The van der Waals surface area contributed by atoms with Crippen molar-refractivity contribution in [3.05, 3.63) is 95.8 Å². The first kappa shape index (κ1) is 30.6. The van der Waals surface area contributed by atoms with Crippen LogP contribution in [0.15, 0.2) is 78.9 Å². The minimum absolute atomic E-state index is 0.0465. The van der Waals surface area contributed by atoms with Crippen LogP contribution < -0.4 is 14.4 Å². The minimum atomic E-state index is -3.80. The van der Waals surface area contributed by atoms with E-state index in [1.807, 2.05) is 49.4 Å². The summed E-state index contributed by atoms with van der Waals surface area (Å²) in [6.45, 7) is 2.27. The maximum Gasteiger partial charge on any atom is 0.243 e. The van der Waals surface area contributed by atoms with Gasteiger partial charge in [0.1, 0.15) is 17.6 Å². The van der Waals surface area contributed by atoms with Gasteiger partial charge in [0.05, 0.1) is 19.1 Å². The number of nitrogens with zero attached hydrogens (tertiary/aromatic N) is 2. The average molecular weight is 570 g/mol. The lowest BCUT2D eigenvalue weighted by Crippen LogP contribution is -2.50. The Kier molecular flexibility index (Phi) is 11.1. The van der Waals surface area contributed by atoms with Gasteiger partial charge in [-0.3, -0.25) is 13.9 Å². The van der Waals surface area contributed by atoms with E-state index in [1.54, 1.807) is 25.3 Å². The number of para-hydroxylation sites is 1. The zero-order chi connectivity index (χ0) is 29.1. The van der Waals surface area contributed by atoms with E-state index in [2.05, 4.69) is 5.32 Å². The highest BCUT2D eigenvalue weighted by atomic mass is 32.2. The molecular weight excluding hydrogens is 533 g/mol. The standard InChI is InChI=1S/C30H36FN3O5S/c1-4-32-30(36)28(21-23-12-6-5-7-13-23)33(22-24-14-10-15-25(20-24)39-2)29(35)18-11-19-34(40(3,37)38)27-17-9-8-16-26(27)31/h5-10,12-17,20,28H,4,11,18-19,21-22H2,1-3H3,(H,32,36)/t28-/m1/s1. The molecule has 0 unspecified atom stereocenters. The molecule has 0 spiro atoms. The van der Waals surface area contributed by atoms with Crippen LogP contribution in [0, 0.1) is 5.82 Å². The summed E-state index contributed by atoms with van der Waals surface area (Å²) in [5.41, 5.74) is 1.60. The highest BCUT2D eigenvalue weighted by molar-refractivity contribution is 7.92. The molecule has 214 valence electrons. The zero-order valence-electron chi connectivity index (χ0n) is 23.0. The number of likely N-dealkylation sites (N-methyl/N-ethyl adjacent to an activating group) is 1. The summed E-state index contributed by atoms with van der Waals surface area (Å²) in [6, 6.07) is 21.5. The number of hydrogen-bond acceptors (Lipinski definition) is 5. The number of amides is 2. The molecule has 3 aromatic rings. The van der Waals surface area contributed by atoms with Crippen molar-refractivity contribution in [3.63, 3.8) is 0 Å². The maximum absolute atomic E-state index is 14.4. The largest absolute Gasteiger partial charge is 0.497 e. The molecule has 0 heterocycles. The molecule has 0 aliphatic heterocycles. The van der Waals surface area contributed by atoms with Crippen molar-refractivity contribution in [3.8, 4) is 5.75 Å². The number of sulfonamides is 1. The van der Waals surface area contributed by atoms with Gasteiger partial charge in [0.25, 0.3) is 0 Å². The van der Waals surface area contributed by atoms with E-state index in [0.29, 0.717) is 18.7 Å². The third-order valence-electron chi connectivity index (χ3n) is 6.38. The van der Waals surface area contributed by atoms with Crippen molar-refractivity contribution >= 4 is 27.5 Å². The molecule has 40 heavy (non-hydrogen) atoms. The third kappa shape index (κ3) is 8.54. The van der Waals surface area contributed by atoms with Crippen LogP contribution in [0.1, 0.15) is 30.9 Å². The fourth-order valence-electron chi connectivity index (χ4n) is 4.45. The maximum atomic E-state index is 14.4. The first-order chi connectivity index (χ1) is 19.1. The normalized spacial score (nSPS) is 11.9. The lowest BCUT2D eigenvalue weighted by molar-refractivity contribution is -0.141. The van der Waals surface area contributed by atoms with Crippen LogP contribution in [0.5, 0.6) is 5.75 Å². The average Bonchev–Trinajstić information content (AvgIpc) is 2.93. The van der Waals surface area contributed by atoms with E-state index in [4.69, 9.17) is 4.74 Å². The Morgan fingerprint density at radius 2 is 1.65 bits per heavy atom. The third-order valence-corrected chi connectivity index (χ3v) is 7.56. The van der Waals surface area contributed by atoms with E-state index < -0.39 is 21.9 Å². The van der Waals surface area contributed by atoms with E-state index in [9.17, 15) is 22.4 Å². The minimum Gasteiger partial charge on any atom is -0.497 e. The molecule has 0 saturated carbocycles. The predicted molar refractivity (Wildman–Crippen MR) is 154 cm³/mol. The number of hydrogen-bond donors (Lipinski definition) is 1. The molecule has 10 heteroatoms. The summed E-state index contributed by atoms with van der Waals surface area (Å²) in [6.07, 6.45) is 1.38. The van der Waals surface area contributed by atoms with Gasteiger partial charge in [0.15, 0.2) is 0 Å². The molecule has 1 atom stereocenters. The summed E-state index contributed by atoms with van der Waals surface area (Å²) < 4.78 is 45.7. The molecule has 0 saturated heterocycles. The van der Waals surface area contributed by atoms with E-state index >= 15 is 0 Å². The number of rotatable bonds is 14. The number of carbonyl (C=O) groups is 2. The van der Waals surface area contributed by atoms with Gasteiger partial charge < -0.3 is 15.0 Å². The van der Waals surface area contributed by atoms with Gasteiger partial charge >= 0.3 is 0 Å². The summed E-state index contributed by atoms with van der Waals surface area (Å²) in [5, 5.41) is 2.84. The van der Waals surface area contributed by atoms with Crippen LogP contribution in [0.3, 0.4) is 0 Å². The van der Waals surface area contributed by atoms with Gasteiger partial charge in [-0.05, 0) is 48.7 Å². The van der Waals surface area contributed by atoms with Crippen molar-refractivity contribution in [2.75, 3.05) is 30.8 Å².